The van der Waals surface area contributed by atoms with Crippen molar-refractivity contribution in [1.82, 2.24) is 5.32 Å². The molecule has 2 N–H and O–H groups in total. The standard InChI is InChI=1S/C18H19N3O3/c1-21(15-7-3-2-4-8-15)18(23)24-16-9-5-6-14(12-16)20-17(22)19-13-10-11-13/h2-9,12-13H,10-11H2,1H3,(H2,19,20,22). The van der Waals surface area contributed by atoms with Crippen molar-refractivity contribution in [2.24, 2.45) is 0 Å². The van der Waals surface area contributed by atoms with E-state index in [-0.39, 0.29) is 12.1 Å². The first-order valence-corrected chi connectivity index (χ1v) is 7.80. The van der Waals surface area contributed by atoms with Gasteiger partial charge in [-0.15, -0.1) is 0 Å². The van der Waals surface area contributed by atoms with Gasteiger partial charge in [-0.1, -0.05) is 24.3 Å². The number of rotatable bonds is 4. The zero-order valence-corrected chi connectivity index (χ0v) is 13.4. The van der Waals surface area contributed by atoms with Crippen LogP contribution in [0.3, 0.4) is 0 Å². The molecule has 0 heterocycles. The van der Waals surface area contributed by atoms with Gasteiger partial charge in [-0.05, 0) is 37.1 Å². The van der Waals surface area contributed by atoms with E-state index in [0.29, 0.717) is 11.4 Å². The summed E-state index contributed by atoms with van der Waals surface area (Å²) in [5.74, 6) is 0.368. The van der Waals surface area contributed by atoms with Gasteiger partial charge in [0, 0.05) is 30.5 Å². The molecule has 6 nitrogen and oxygen atoms in total. The predicted molar refractivity (Wildman–Crippen MR) is 92.5 cm³/mol. The molecule has 1 saturated carbocycles. The number of amides is 3. The number of urea groups is 1. The molecule has 124 valence electrons. The van der Waals surface area contributed by atoms with Gasteiger partial charge in [0.15, 0.2) is 0 Å². The van der Waals surface area contributed by atoms with Crippen LogP contribution >= 0.6 is 0 Å². The smallest absolute Gasteiger partial charge is 0.410 e. The molecule has 0 radical (unpaired) electrons. The van der Waals surface area contributed by atoms with Crippen molar-refractivity contribution in [3.8, 4) is 5.75 Å². The molecule has 0 unspecified atom stereocenters. The van der Waals surface area contributed by atoms with Crippen LogP contribution in [0.5, 0.6) is 5.75 Å². The van der Waals surface area contributed by atoms with Crippen molar-refractivity contribution >= 4 is 23.5 Å². The number of nitrogens with zero attached hydrogens (tertiary/aromatic N) is 1. The molecule has 1 fully saturated rings. The Morgan fingerprint density at radius 1 is 1.08 bits per heavy atom. The SMILES string of the molecule is CN(C(=O)Oc1cccc(NC(=O)NC2CC2)c1)c1ccccc1. The number of hydrogen-bond donors (Lipinski definition) is 2. The lowest BCUT2D eigenvalue weighted by atomic mass is 10.3. The summed E-state index contributed by atoms with van der Waals surface area (Å²) in [5, 5.41) is 5.57. The van der Waals surface area contributed by atoms with Crippen LogP contribution in [0.25, 0.3) is 0 Å². The third-order valence-electron chi connectivity index (χ3n) is 3.63. The molecule has 0 atom stereocenters. The number of para-hydroxylation sites is 1. The predicted octanol–water partition coefficient (Wildman–Crippen LogP) is 3.61. The third-order valence-corrected chi connectivity index (χ3v) is 3.63. The first-order valence-electron chi connectivity index (χ1n) is 7.80. The summed E-state index contributed by atoms with van der Waals surface area (Å²) in [7, 11) is 1.64. The maximum absolute atomic E-state index is 12.2. The van der Waals surface area contributed by atoms with Gasteiger partial charge in [0.1, 0.15) is 5.75 Å². The molecule has 0 saturated heterocycles. The van der Waals surface area contributed by atoms with Crippen LogP contribution in [0.2, 0.25) is 0 Å². The monoisotopic (exact) mass is 325 g/mol. The molecule has 3 amide bonds. The van der Waals surface area contributed by atoms with Crippen molar-refractivity contribution in [2.45, 2.75) is 18.9 Å². The molecule has 24 heavy (non-hydrogen) atoms. The molecule has 0 bridgehead atoms. The highest BCUT2D eigenvalue weighted by molar-refractivity contribution is 5.91. The Bertz CT molecular complexity index is 729. The highest BCUT2D eigenvalue weighted by atomic mass is 16.6. The van der Waals surface area contributed by atoms with Gasteiger partial charge in [0.2, 0.25) is 0 Å². The second-order valence-corrected chi connectivity index (χ2v) is 5.66. The molecule has 0 aliphatic heterocycles. The van der Waals surface area contributed by atoms with Crippen LogP contribution in [-0.4, -0.2) is 25.2 Å². The van der Waals surface area contributed by atoms with E-state index in [1.807, 2.05) is 30.3 Å². The summed E-state index contributed by atoms with van der Waals surface area (Å²) < 4.78 is 5.36. The molecule has 1 aliphatic carbocycles. The number of ether oxygens (including phenoxy) is 1. The van der Waals surface area contributed by atoms with Gasteiger partial charge in [0.05, 0.1) is 0 Å². The topological polar surface area (TPSA) is 70.7 Å². The van der Waals surface area contributed by atoms with Gasteiger partial charge in [-0.2, -0.15) is 0 Å². The quantitative estimate of drug-likeness (QED) is 0.902. The minimum Gasteiger partial charge on any atom is -0.410 e. The zero-order valence-electron chi connectivity index (χ0n) is 13.4. The molecule has 6 heteroatoms. The molecule has 0 spiro atoms. The lowest BCUT2D eigenvalue weighted by molar-refractivity contribution is 0.209. The van der Waals surface area contributed by atoms with E-state index in [2.05, 4.69) is 10.6 Å². The first kappa shape index (κ1) is 15.9. The van der Waals surface area contributed by atoms with Crippen LogP contribution in [-0.2, 0) is 0 Å². The van der Waals surface area contributed by atoms with Crippen molar-refractivity contribution in [3.05, 3.63) is 54.6 Å². The summed E-state index contributed by atoms with van der Waals surface area (Å²) in [6.07, 6.45) is 1.55. The maximum Gasteiger partial charge on any atom is 0.419 e. The van der Waals surface area contributed by atoms with Crippen molar-refractivity contribution in [3.63, 3.8) is 0 Å². The average molecular weight is 325 g/mol. The summed E-state index contributed by atoms with van der Waals surface area (Å²) in [6, 6.07) is 16.0. The molecular weight excluding hydrogens is 306 g/mol. The molecule has 1 aliphatic rings. The van der Waals surface area contributed by atoms with E-state index in [1.165, 1.54) is 4.90 Å². The van der Waals surface area contributed by atoms with Gasteiger partial charge < -0.3 is 15.4 Å². The van der Waals surface area contributed by atoms with Crippen LogP contribution < -0.4 is 20.3 Å². The van der Waals surface area contributed by atoms with Crippen LogP contribution in [0.15, 0.2) is 54.6 Å². The Kier molecular flexibility index (Phi) is 4.65. The van der Waals surface area contributed by atoms with E-state index in [0.717, 1.165) is 18.5 Å². The number of nitrogens with one attached hydrogen (secondary N) is 2. The van der Waals surface area contributed by atoms with E-state index in [9.17, 15) is 9.59 Å². The summed E-state index contributed by atoms with van der Waals surface area (Å²) in [4.78, 5) is 25.4. The number of carbonyl (C=O) groups excluding carboxylic acids is 2. The number of benzene rings is 2. The van der Waals surface area contributed by atoms with Crippen LogP contribution in [0, 0.1) is 0 Å². The van der Waals surface area contributed by atoms with Gasteiger partial charge in [0.25, 0.3) is 0 Å². The fraction of sp³-hybridized carbons (Fsp3) is 0.222. The Labute approximate surface area is 140 Å². The van der Waals surface area contributed by atoms with Crippen molar-refractivity contribution in [2.75, 3.05) is 17.3 Å². The third kappa shape index (κ3) is 4.25. The minimum absolute atomic E-state index is 0.248. The van der Waals surface area contributed by atoms with Gasteiger partial charge >= 0.3 is 12.1 Å². The highest BCUT2D eigenvalue weighted by Crippen LogP contribution is 2.21. The molecule has 2 aromatic rings. The average Bonchev–Trinajstić information content (AvgIpc) is 3.39. The zero-order chi connectivity index (χ0) is 16.9. The fourth-order valence-corrected chi connectivity index (χ4v) is 2.14. The van der Waals surface area contributed by atoms with E-state index in [1.54, 1.807) is 31.3 Å². The van der Waals surface area contributed by atoms with Crippen LogP contribution in [0.1, 0.15) is 12.8 Å². The molecule has 0 aromatic heterocycles. The summed E-state index contributed by atoms with van der Waals surface area (Å²) in [6.45, 7) is 0. The largest absolute Gasteiger partial charge is 0.419 e. The van der Waals surface area contributed by atoms with E-state index < -0.39 is 6.09 Å². The molecular formula is C18H19N3O3. The Morgan fingerprint density at radius 2 is 1.83 bits per heavy atom. The van der Waals surface area contributed by atoms with Crippen molar-refractivity contribution < 1.29 is 14.3 Å². The highest BCUT2D eigenvalue weighted by Gasteiger charge is 2.23. The second kappa shape index (κ2) is 7.04. The Morgan fingerprint density at radius 3 is 2.54 bits per heavy atom. The van der Waals surface area contributed by atoms with Crippen molar-refractivity contribution in [1.29, 1.82) is 0 Å². The fourth-order valence-electron chi connectivity index (χ4n) is 2.14. The minimum atomic E-state index is -0.499. The second-order valence-electron chi connectivity index (χ2n) is 5.66. The van der Waals surface area contributed by atoms with Gasteiger partial charge in [-0.25, -0.2) is 9.59 Å². The normalized spacial score (nSPS) is 13.0. The summed E-state index contributed by atoms with van der Waals surface area (Å²) in [5.41, 5.74) is 1.31. The Hall–Kier alpha value is -3.02. The van der Waals surface area contributed by atoms with Gasteiger partial charge in [-0.3, -0.25) is 4.90 Å². The van der Waals surface area contributed by atoms with Crippen LogP contribution in [0.4, 0.5) is 21.0 Å². The lowest BCUT2D eigenvalue weighted by Crippen LogP contribution is -2.30. The number of anilines is 2. The van der Waals surface area contributed by atoms with E-state index >= 15 is 0 Å². The maximum atomic E-state index is 12.2. The molecule has 2 aromatic carbocycles. The lowest BCUT2D eigenvalue weighted by Gasteiger charge is -2.17. The number of carbonyl (C=O) groups is 2. The Balaban J connectivity index is 1.61. The summed E-state index contributed by atoms with van der Waals surface area (Å²) >= 11 is 0. The molecule has 3 rings (SSSR count). The first-order chi connectivity index (χ1) is 11.6. The number of hydrogen-bond acceptors (Lipinski definition) is 3. The van der Waals surface area contributed by atoms with E-state index in [4.69, 9.17) is 4.74 Å².